The zero-order valence-electron chi connectivity index (χ0n) is 14.1. The number of anilines is 2. The van der Waals surface area contributed by atoms with Crippen LogP contribution in [0.4, 0.5) is 11.4 Å². The van der Waals surface area contributed by atoms with Crippen LogP contribution in [0.5, 0.6) is 0 Å². The molecule has 0 bridgehead atoms. The summed E-state index contributed by atoms with van der Waals surface area (Å²) in [6.07, 6.45) is 2.14. The molecule has 1 heterocycles. The highest BCUT2D eigenvalue weighted by atomic mass is 35.5. The Hall–Kier alpha value is -1.76. The number of benzene rings is 2. The lowest BCUT2D eigenvalue weighted by atomic mass is 10.0. The second-order valence-corrected chi connectivity index (χ2v) is 8.52. The van der Waals surface area contributed by atoms with Crippen LogP contribution in [0.2, 0.25) is 10.0 Å². The smallest absolute Gasteiger partial charge is 0.263 e. The maximum absolute atomic E-state index is 12.7. The maximum Gasteiger partial charge on any atom is 0.263 e. The summed E-state index contributed by atoms with van der Waals surface area (Å²) in [6.45, 7) is 2.44. The van der Waals surface area contributed by atoms with Gasteiger partial charge in [0.25, 0.3) is 10.0 Å². The second-order valence-electron chi connectivity index (χ2n) is 6.03. The molecule has 1 aliphatic rings. The van der Waals surface area contributed by atoms with Gasteiger partial charge in [0, 0.05) is 23.7 Å². The van der Waals surface area contributed by atoms with Crippen molar-refractivity contribution in [3.05, 3.63) is 52.0 Å². The summed E-state index contributed by atoms with van der Waals surface area (Å²) in [5, 5.41) is 0.364. The summed E-state index contributed by atoms with van der Waals surface area (Å²) in [4.78, 5) is 13.8. The minimum Gasteiger partial charge on any atom is -0.312 e. The van der Waals surface area contributed by atoms with Gasteiger partial charge in [-0.2, -0.15) is 0 Å². The fourth-order valence-electron chi connectivity index (χ4n) is 2.98. The van der Waals surface area contributed by atoms with Gasteiger partial charge < -0.3 is 4.90 Å². The van der Waals surface area contributed by atoms with E-state index in [0.717, 1.165) is 24.1 Å². The number of sulfonamides is 1. The largest absolute Gasteiger partial charge is 0.312 e. The first-order valence-electron chi connectivity index (χ1n) is 8.23. The van der Waals surface area contributed by atoms with Gasteiger partial charge in [0.05, 0.1) is 10.7 Å². The predicted octanol–water partition coefficient (Wildman–Crippen LogP) is 4.48. The van der Waals surface area contributed by atoms with Crippen LogP contribution in [0.1, 0.15) is 25.3 Å². The van der Waals surface area contributed by atoms with Crippen molar-refractivity contribution in [2.75, 3.05) is 16.2 Å². The Kier molecular flexibility index (Phi) is 5.46. The lowest BCUT2D eigenvalue weighted by Crippen LogP contribution is -2.35. The fraction of sp³-hybridized carbons (Fsp3) is 0.278. The number of aryl methyl sites for hydroxylation is 1. The van der Waals surface area contributed by atoms with E-state index in [0.29, 0.717) is 18.7 Å². The van der Waals surface area contributed by atoms with Crippen molar-refractivity contribution >= 4 is 50.5 Å². The third kappa shape index (κ3) is 3.82. The molecule has 0 radical (unpaired) electrons. The Bertz CT molecular complexity index is 961. The third-order valence-corrected chi connectivity index (χ3v) is 6.34. The van der Waals surface area contributed by atoms with Gasteiger partial charge in [-0.15, -0.1) is 0 Å². The van der Waals surface area contributed by atoms with Gasteiger partial charge >= 0.3 is 0 Å². The van der Waals surface area contributed by atoms with Crippen LogP contribution < -0.4 is 9.62 Å². The number of halogens is 2. The van der Waals surface area contributed by atoms with Gasteiger partial charge in [0.1, 0.15) is 4.90 Å². The number of fused-ring (bicyclic) bond motifs is 1. The van der Waals surface area contributed by atoms with Crippen molar-refractivity contribution in [1.82, 2.24) is 0 Å². The molecule has 2 aromatic carbocycles. The number of nitrogens with one attached hydrogen (secondary N) is 1. The molecule has 0 unspecified atom stereocenters. The fourth-order valence-corrected chi connectivity index (χ4v) is 4.79. The van der Waals surface area contributed by atoms with Crippen LogP contribution in [0.25, 0.3) is 0 Å². The lowest BCUT2D eigenvalue weighted by molar-refractivity contribution is -0.118. The molecular formula is C18H18Cl2N2O3S. The van der Waals surface area contributed by atoms with Crippen LogP contribution in [-0.2, 0) is 21.2 Å². The van der Waals surface area contributed by atoms with Crippen molar-refractivity contribution in [3.63, 3.8) is 0 Å². The zero-order chi connectivity index (χ0) is 18.9. The van der Waals surface area contributed by atoms with Crippen molar-refractivity contribution in [2.45, 2.75) is 31.1 Å². The SMILES string of the molecule is CCC(=O)N1CCCc2ccc(NS(=O)(=O)c3cc(Cl)ccc3Cl)cc21. The molecule has 0 fully saturated rings. The number of rotatable bonds is 4. The molecule has 8 heteroatoms. The predicted molar refractivity (Wildman–Crippen MR) is 105 cm³/mol. The average molecular weight is 413 g/mol. The van der Waals surface area contributed by atoms with Gasteiger partial charge in [-0.1, -0.05) is 36.2 Å². The van der Waals surface area contributed by atoms with Gasteiger partial charge in [-0.25, -0.2) is 8.42 Å². The lowest BCUT2D eigenvalue weighted by Gasteiger charge is -2.30. The van der Waals surface area contributed by atoms with E-state index < -0.39 is 10.0 Å². The van der Waals surface area contributed by atoms with Crippen molar-refractivity contribution in [2.24, 2.45) is 0 Å². The molecule has 3 rings (SSSR count). The minimum atomic E-state index is -3.91. The number of nitrogens with zero attached hydrogens (tertiary/aromatic N) is 1. The topological polar surface area (TPSA) is 66.5 Å². The molecule has 0 aromatic heterocycles. The molecule has 0 saturated carbocycles. The van der Waals surface area contributed by atoms with Crippen LogP contribution in [0.15, 0.2) is 41.3 Å². The molecule has 1 aliphatic heterocycles. The Morgan fingerprint density at radius 2 is 1.96 bits per heavy atom. The van der Waals surface area contributed by atoms with Crippen LogP contribution in [-0.4, -0.2) is 20.9 Å². The van der Waals surface area contributed by atoms with Gasteiger partial charge in [0.2, 0.25) is 5.91 Å². The Morgan fingerprint density at radius 3 is 2.69 bits per heavy atom. The van der Waals surface area contributed by atoms with E-state index in [9.17, 15) is 13.2 Å². The molecule has 0 spiro atoms. The van der Waals surface area contributed by atoms with E-state index in [-0.39, 0.29) is 20.8 Å². The zero-order valence-corrected chi connectivity index (χ0v) is 16.5. The molecular weight excluding hydrogens is 395 g/mol. The van der Waals surface area contributed by atoms with Gasteiger partial charge in [0.15, 0.2) is 0 Å². The third-order valence-electron chi connectivity index (χ3n) is 4.24. The maximum atomic E-state index is 12.7. The van der Waals surface area contributed by atoms with Gasteiger partial charge in [-0.05, 0) is 48.7 Å². The summed E-state index contributed by atoms with van der Waals surface area (Å²) in [7, 11) is -3.91. The van der Waals surface area contributed by atoms with E-state index in [1.54, 1.807) is 17.0 Å². The van der Waals surface area contributed by atoms with Crippen molar-refractivity contribution < 1.29 is 13.2 Å². The first kappa shape index (κ1) is 19.0. The van der Waals surface area contributed by atoms with Crippen LogP contribution in [0.3, 0.4) is 0 Å². The Labute approximate surface area is 163 Å². The molecule has 0 aliphatic carbocycles. The van der Waals surface area contributed by atoms with E-state index >= 15 is 0 Å². The summed E-state index contributed by atoms with van der Waals surface area (Å²) >= 11 is 11.9. The van der Waals surface area contributed by atoms with E-state index in [1.807, 2.05) is 13.0 Å². The molecule has 138 valence electrons. The van der Waals surface area contributed by atoms with Gasteiger partial charge in [-0.3, -0.25) is 9.52 Å². The quantitative estimate of drug-likeness (QED) is 0.804. The normalized spacial score (nSPS) is 14.0. The van der Waals surface area contributed by atoms with Crippen molar-refractivity contribution in [1.29, 1.82) is 0 Å². The molecule has 1 amide bonds. The summed E-state index contributed by atoms with van der Waals surface area (Å²) in [5.74, 6) is 0.0174. The molecule has 0 atom stereocenters. The van der Waals surface area contributed by atoms with E-state index in [1.165, 1.54) is 18.2 Å². The highest BCUT2D eigenvalue weighted by molar-refractivity contribution is 7.92. The summed E-state index contributed by atoms with van der Waals surface area (Å²) < 4.78 is 27.9. The number of carbonyl (C=O) groups excluding carboxylic acids is 1. The van der Waals surface area contributed by atoms with E-state index in [4.69, 9.17) is 23.2 Å². The minimum absolute atomic E-state index is 0.0174. The molecule has 26 heavy (non-hydrogen) atoms. The van der Waals surface area contributed by atoms with Crippen LogP contribution in [0, 0.1) is 0 Å². The number of hydrogen-bond donors (Lipinski definition) is 1. The highest BCUT2D eigenvalue weighted by Gasteiger charge is 2.23. The monoisotopic (exact) mass is 412 g/mol. The second kappa shape index (κ2) is 7.47. The molecule has 2 aromatic rings. The summed E-state index contributed by atoms with van der Waals surface area (Å²) in [5.41, 5.74) is 2.15. The first-order chi connectivity index (χ1) is 12.3. The van der Waals surface area contributed by atoms with Crippen molar-refractivity contribution in [3.8, 4) is 0 Å². The highest BCUT2D eigenvalue weighted by Crippen LogP contribution is 2.32. The number of carbonyl (C=O) groups is 1. The van der Waals surface area contributed by atoms with Crippen LogP contribution >= 0.6 is 23.2 Å². The number of amides is 1. The first-order valence-corrected chi connectivity index (χ1v) is 10.5. The Morgan fingerprint density at radius 1 is 1.19 bits per heavy atom. The molecule has 5 nitrogen and oxygen atoms in total. The summed E-state index contributed by atoms with van der Waals surface area (Å²) in [6, 6.07) is 9.50. The standard InChI is InChI=1S/C18H18Cl2N2O3S/c1-2-18(23)22-9-3-4-12-5-7-14(11-16(12)22)21-26(24,25)17-10-13(19)6-8-15(17)20/h5-8,10-11,21H,2-4,9H2,1H3. The molecule has 0 saturated heterocycles. The Balaban J connectivity index is 1.96. The molecule has 1 N–H and O–H groups in total. The number of hydrogen-bond acceptors (Lipinski definition) is 3. The van der Waals surface area contributed by atoms with E-state index in [2.05, 4.69) is 4.72 Å². The average Bonchev–Trinajstić information content (AvgIpc) is 2.62.